The molecule has 2 rings (SSSR count). The summed E-state index contributed by atoms with van der Waals surface area (Å²) >= 11 is 0. The predicted molar refractivity (Wildman–Crippen MR) is 86.3 cm³/mol. The Bertz CT molecular complexity index is 590. The standard InChI is InChI=1S/C18H22N2O/c1-3-4-5-11-19-18(21)16-9-10-17(20-13-16)15-8-6-7-14(2)12-15/h6-10,12-13H,3-5,11H2,1-2H3,(H,19,21). The van der Waals surface area contributed by atoms with E-state index in [1.807, 2.05) is 24.3 Å². The van der Waals surface area contributed by atoms with Crippen molar-refractivity contribution in [2.75, 3.05) is 6.54 Å². The summed E-state index contributed by atoms with van der Waals surface area (Å²) in [7, 11) is 0. The number of carbonyl (C=O) groups is 1. The molecule has 1 aromatic heterocycles. The molecule has 110 valence electrons. The Kier molecular flexibility index (Phi) is 5.50. The maximum atomic E-state index is 12.0. The molecule has 1 N–H and O–H groups in total. The van der Waals surface area contributed by atoms with Gasteiger partial charge in [-0.15, -0.1) is 0 Å². The van der Waals surface area contributed by atoms with Crippen molar-refractivity contribution in [2.24, 2.45) is 0 Å². The quantitative estimate of drug-likeness (QED) is 0.814. The molecule has 1 amide bonds. The van der Waals surface area contributed by atoms with Gasteiger partial charge in [-0.2, -0.15) is 0 Å². The highest BCUT2D eigenvalue weighted by molar-refractivity contribution is 5.94. The Morgan fingerprint density at radius 3 is 2.71 bits per heavy atom. The van der Waals surface area contributed by atoms with E-state index in [2.05, 4.69) is 36.3 Å². The highest BCUT2D eigenvalue weighted by Crippen LogP contribution is 2.18. The van der Waals surface area contributed by atoms with Gasteiger partial charge in [0.05, 0.1) is 11.3 Å². The SMILES string of the molecule is CCCCCNC(=O)c1ccc(-c2cccc(C)c2)nc1. The number of rotatable bonds is 6. The lowest BCUT2D eigenvalue weighted by atomic mass is 10.1. The van der Waals surface area contributed by atoms with Crippen LogP contribution in [0.4, 0.5) is 0 Å². The molecule has 3 nitrogen and oxygen atoms in total. The van der Waals surface area contributed by atoms with E-state index < -0.39 is 0 Å². The molecule has 3 heteroatoms. The number of aromatic nitrogens is 1. The van der Waals surface area contributed by atoms with Crippen LogP contribution in [0.5, 0.6) is 0 Å². The van der Waals surface area contributed by atoms with Gasteiger partial charge in [0.1, 0.15) is 0 Å². The number of carbonyl (C=O) groups excluding carboxylic acids is 1. The summed E-state index contributed by atoms with van der Waals surface area (Å²) in [4.78, 5) is 16.4. The molecule has 0 saturated heterocycles. The summed E-state index contributed by atoms with van der Waals surface area (Å²) in [6.45, 7) is 4.93. The van der Waals surface area contributed by atoms with Gasteiger partial charge >= 0.3 is 0 Å². The summed E-state index contributed by atoms with van der Waals surface area (Å²) in [6.07, 6.45) is 4.97. The first-order valence-corrected chi connectivity index (χ1v) is 7.52. The minimum absolute atomic E-state index is 0.0469. The van der Waals surface area contributed by atoms with Gasteiger partial charge in [0.2, 0.25) is 0 Å². The van der Waals surface area contributed by atoms with E-state index in [4.69, 9.17) is 0 Å². The van der Waals surface area contributed by atoms with Crippen LogP contribution in [0.3, 0.4) is 0 Å². The Hall–Kier alpha value is -2.16. The lowest BCUT2D eigenvalue weighted by molar-refractivity contribution is 0.0952. The van der Waals surface area contributed by atoms with E-state index in [0.717, 1.165) is 37.1 Å². The molecule has 0 aliphatic heterocycles. The number of hydrogen-bond donors (Lipinski definition) is 1. The Labute approximate surface area is 126 Å². The summed E-state index contributed by atoms with van der Waals surface area (Å²) in [5.41, 5.74) is 3.78. The van der Waals surface area contributed by atoms with Crippen LogP contribution in [-0.2, 0) is 0 Å². The zero-order chi connectivity index (χ0) is 15.1. The topological polar surface area (TPSA) is 42.0 Å². The third-order valence-electron chi connectivity index (χ3n) is 3.41. The number of amides is 1. The maximum absolute atomic E-state index is 12.0. The van der Waals surface area contributed by atoms with Crippen molar-refractivity contribution in [3.05, 3.63) is 53.7 Å². The van der Waals surface area contributed by atoms with Crippen molar-refractivity contribution in [2.45, 2.75) is 33.1 Å². The molecule has 0 aliphatic carbocycles. The van der Waals surface area contributed by atoms with Crippen LogP contribution < -0.4 is 5.32 Å². The summed E-state index contributed by atoms with van der Waals surface area (Å²) in [6, 6.07) is 11.9. The van der Waals surface area contributed by atoms with Gasteiger partial charge in [-0.1, -0.05) is 43.5 Å². The smallest absolute Gasteiger partial charge is 0.252 e. The molecule has 1 aromatic carbocycles. The molecule has 21 heavy (non-hydrogen) atoms. The largest absolute Gasteiger partial charge is 0.352 e. The molecule has 0 spiro atoms. The first-order chi connectivity index (χ1) is 10.2. The van der Waals surface area contributed by atoms with Crippen LogP contribution in [0.15, 0.2) is 42.6 Å². The van der Waals surface area contributed by atoms with Crippen LogP contribution >= 0.6 is 0 Å². The van der Waals surface area contributed by atoms with Crippen molar-refractivity contribution in [3.8, 4) is 11.3 Å². The lowest BCUT2D eigenvalue weighted by Gasteiger charge is -2.06. The van der Waals surface area contributed by atoms with Crippen molar-refractivity contribution < 1.29 is 4.79 Å². The van der Waals surface area contributed by atoms with E-state index >= 15 is 0 Å². The van der Waals surface area contributed by atoms with Gasteiger partial charge in [-0.25, -0.2) is 0 Å². The molecule has 0 atom stereocenters. The highest BCUT2D eigenvalue weighted by Gasteiger charge is 2.06. The molecule has 2 aromatic rings. The van der Waals surface area contributed by atoms with Crippen LogP contribution in [0, 0.1) is 6.92 Å². The molecule has 1 heterocycles. The first-order valence-electron chi connectivity index (χ1n) is 7.52. The second kappa shape index (κ2) is 7.58. The van der Waals surface area contributed by atoms with E-state index in [9.17, 15) is 4.79 Å². The fourth-order valence-corrected chi connectivity index (χ4v) is 2.18. The van der Waals surface area contributed by atoms with Crippen LogP contribution in [0.1, 0.15) is 42.1 Å². The van der Waals surface area contributed by atoms with Gasteiger partial charge in [0.25, 0.3) is 5.91 Å². The Balaban J connectivity index is 2.00. The summed E-state index contributed by atoms with van der Waals surface area (Å²) < 4.78 is 0. The van der Waals surface area contributed by atoms with Crippen LogP contribution in [0.25, 0.3) is 11.3 Å². The highest BCUT2D eigenvalue weighted by atomic mass is 16.1. The number of hydrogen-bond acceptors (Lipinski definition) is 2. The van der Waals surface area contributed by atoms with Crippen molar-refractivity contribution in [1.29, 1.82) is 0 Å². The second-order valence-corrected chi connectivity index (χ2v) is 5.26. The van der Waals surface area contributed by atoms with Gasteiger partial charge in [0.15, 0.2) is 0 Å². The number of unbranched alkanes of at least 4 members (excludes halogenated alkanes) is 2. The number of nitrogens with one attached hydrogen (secondary N) is 1. The van der Waals surface area contributed by atoms with E-state index in [1.165, 1.54) is 5.56 Å². The maximum Gasteiger partial charge on any atom is 0.252 e. The van der Waals surface area contributed by atoms with Gasteiger partial charge in [0, 0.05) is 18.3 Å². The van der Waals surface area contributed by atoms with E-state index in [-0.39, 0.29) is 5.91 Å². The lowest BCUT2D eigenvalue weighted by Crippen LogP contribution is -2.24. The minimum atomic E-state index is -0.0469. The molecule has 0 unspecified atom stereocenters. The number of nitrogens with zero attached hydrogens (tertiary/aromatic N) is 1. The zero-order valence-corrected chi connectivity index (χ0v) is 12.7. The molecule has 0 bridgehead atoms. The van der Waals surface area contributed by atoms with Gasteiger partial charge in [-0.3, -0.25) is 9.78 Å². The molecule has 0 aliphatic rings. The fourth-order valence-electron chi connectivity index (χ4n) is 2.18. The van der Waals surface area contributed by atoms with Gasteiger partial charge in [-0.05, 0) is 31.5 Å². The average Bonchev–Trinajstić information content (AvgIpc) is 2.51. The van der Waals surface area contributed by atoms with Crippen molar-refractivity contribution >= 4 is 5.91 Å². The molecular formula is C18H22N2O. The normalized spacial score (nSPS) is 10.4. The summed E-state index contributed by atoms with van der Waals surface area (Å²) in [5.74, 6) is -0.0469. The van der Waals surface area contributed by atoms with Crippen molar-refractivity contribution in [3.63, 3.8) is 0 Å². The first kappa shape index (κ1) is 15.2. The van der Waals surface area contributed by atoms with E-state index in [1.54, 1.807) is 6.20 Å². The molecular weight excluding hydrogens is 260 g/mol. The van der Waals surface area contributed by atoms with Crippen molar-refractivity contribution in [1.82, 2.24) is 10.3 Å². The number of aryl methyl sites for hydroxylation is 1. The predicted octanol–water partition coefficient (Wildman–Crippen LogP) is 3.98. The third kappa shape index (κ3) is 4.42. The van der Waals surface area contributed by atoms with Crippen LogP contribution in [-0.4, -0.2) is 17.4 Å². The number of pyridine rings is 1. The van der Waals surface area contributed by atoms with Crippen LogP contribution in [0.2, 0.25) is 0 Å². The molecule has 0 radical (unpaired) electrons. The monoisotopic (exact) mass is 282 g/mol. The fraction of sp³-hybridized carbons (Fsp3) is 0.333. The minimum Gasteiger partial charge on any atom is -0.352 e. The van der Waals surface area contributed by atoms with Gasteiger partial charge < -0.3 is 5.32 Å². The second-order valence-electron chi connectivity index (χ2n) is 5.26. The third-order valence-corrected chi connectivity index (χ3v) is 3.41. The number of benzene rings is 1. The zero-order valence-electron chi connectivity index (χ0n) is 12.7. The van der Waals surface area contributed by atoms with E-state index in [0.29, 0.717) is 5.56 Å². The molecule has 0 fully saturated rings. The molecule has 0 saturated carbocycles. The Morgan fingerprint density at radius 1 is 1.19 bits per heavy atom. The average molecular weight is 282 g/mol. The Morgan fingerprint density at radius 2 is 2.05 bits per heavy atom. The summed E-state index contributed by atoms with van der Waals surface area (Å²) in [5, 5.41) is 2.92.